The van der Waals surface area contributed by atoms with Crippen LogP contribution in [-0.4, -0.2) is 22.0 Å². The average molecular weight is 303 g/mol. The number of fused-ring (bicyclic) bond motifs is 1. The molecule has 0 aliphatic heterocycles. The van der Waals surface area contributed by atoms with E-state index in [2.05, 4.69) is 10.3 Å². The van der Waals surface area contributed by atoms with Crippen LogP contribution in [0.4, 0.5) is 13.2 Å². The van der Waals surface area contributed by atoms with Crippen molar-refractivity contribution < 1.29 is 18.0 Å². The minimum atomic E-state index is -4.41. The van der Waals surface area contributed by atoms with Gasteiger partial charge < -0.3 is 14.9 Å². The summed E-state index contributed by atoms with van der Waals surface area (Å²) in [5.74, 6) is -0.246. The molecular formula is C12H12F3N3OS. The third-order valence-corrected chi connectivity index (χ3v) is 3.10. The van der Waals surface area contributed by atoms with Crippen molar-refractivity contribution in [2.24, 2.45) is 0 Å². The van der Waals surface area contributed by atoms with Crippen molar-refractivity contribution in [2.75, 3.05) is 6.54 Å². The van der Waals surface area contributed by atoms with E-state index in [1.165, 1.54) is 10.6 Å². The summed E-state index contributed by atoms with van der Waals surface area (Å²) in [5.41, 5.74) is -0.0326. The molecule has 0 aliphatic rings. The summed E-state index contributed by atoms with van der Waals surface area (Å²) < 4.78 is 39.5. The number of aromatic nitrogens is 2. The van der Waals surface area contributed by atoms with Gasteiger partial charge in [0.2, 0.25) is 5.91 Å². The Bertz CT molecular complexity index is 702. The van der Waals surface area contributed by atoms with E-state index in [-0.39, 0.29) is 22.7 Å². The third kappa shape index (κ3) is 2.84. The van der Waals surface area contributed by atoms with E-state index < -0.39 is 11.7 Å². The Morgan fingerprint density at radius 1 is 1.45 bits per heavy atom. The Balaban J connectivity index is 2.45. The van der Waals surface area contributed by atoms with Crippen molar-refractivity contribution in [2.45, 2.75) is 19.6 Å². The number of hydrogen-bond acceptors (Lipinski definition) is 2. The van der Waals surface area contributed by atoms with Gasteiger partial charge in [-0.3, -0.25) is 4.79 Å². The molecular weight excluding hydrogens is 291 g/mol. The van der Waals surface area contributed by atoms with Crippen molar-refractivity contribution >= 4 is 29.2 Å². The first-order valence-corrected chi connectivity index (χ1v) is 6.30. The molecule has 1 heterocycles. The van der Waals surface area contributed by atoms with Crippen LogP contribution in [0.2, 0.25) is 0 Å². The molecule has 0 aliphatic carbocycles. The van der Waals surface area contributed by atoms with Gasteiger partial charge in [0, 0.05) is 6.54 Å². The molecule has 0 bridgehead atoms. The van der Waals surface area contributed by atoms with Crippen LogP contribution >= 0.6 is 12.2 Å². The molecule has 2 rings (SSSR count). The van der Waals surface area contributed by atoms with Gasteiger partial charge >= 0.3 is 6.18 Å². The molecule has 0 saturated carbocycles. The fourth-order valence-electron chi connectivity index (χ4n) is 1.89. The Labute approximate surface area is 117 Å². The van der Waals surface area contributed by atoms with Gasteiger partial charge in [-0.15, -0.1) is 0 Å². The smallest absolute Gasteiger partial charge is 0.355 e. The summed E-state index contributed by atoms with van der Waals surface area (Å²) in [7, 11) is 0. The lowest BCUT2D eigenvalue weighted by Crippen LogP contribution is -2.27. The standard InChI is InChI=1S/C12H12F3N3OS/c1-2-16-10(19)6-18-9-4-3-7(12(13,14)15)5-8(9)17-11(18)20/h3-5H,2,6H2,1H3,(H,16,19)(H,17,20). The van der Waals surface area contributed by atoms with E-state index >= 15 is 0 Å². The summed E-state index contributed by atoms with van der Waals surface area (Å²) in [6.45, 7) is 2.23. The number of nitrogens with zero attached hydrogens (tertiary/aromatic N) is 1. The highest BCUT2D eigenvalue weighted by molar-refractivity contribution is 7.71. The van der Waals surface area contributed by atoms with Gasteiger partial charge in [-0.1, -0.05) is 0 Å². The number of nitrogens with one attached hydrogen (secondary N) is 2. The van der Waals surface area contributed by atoms with Crippen molar-refractivity contribution in [3.8, 4) is 0 Å². The van der Waals surface area contributed by atoms with Gasteiger partial charge in [0.15, 0.2) is 4.77 Å². The summed E-state index contributed by atoms with van der Waals surface area (Å²) in [6, 6.07) is 3.27. The van der Waals surface area contributed by atoms with E-state index in [9.17, 15) is 18.0 Å². The average Bonchev–Trinajstić information content (AvgIpc) is 2.64. The van der Waals surface area contributed by atoms with Crippen LogP contribution < -0.4 is 5.32 Å². The lowest BCUT2D eigenvalue weighted by molar-refractivity contribution is -0.137. The van der Waals surface area contributed by atoms with Crippen LogP contribution in [0.25, 0.3) is 11.0 Å². The number of carbonyl (C=O) groups is 1. The number of aromatic amines is 1. The summed E-state index contributed by atoms with van der Waals surface area (Å²) in [4.78, 5) is 14.2. The molecule has 0 atom stereocenters. The van der Waals surface area contributed by atoms with Crippen molar-refractivity contribution in [3.05, 3.63) is 28.5 Å². The first kappa shape index (κ1) is 14.6. The van der Waals surface area contributed by atoms with Crippen LogP contribution in [0.5, 0.6) is 0 Å². The van der Waals surface area contributed by atoms with E-state index in [4.69, 9.17) is 12.2 Å². The fraction of sp³-hybridized carbons (Fsp3) is 0.333. The molecule has 108 valence electrons. The second-order valence-electron chi connectivity index (χ2n) is 4.20. The quantitative estimate of drug-likeness (QED) is 0.857. The zero-order valence-corrected chi connectivity index (χ0v) is 11.4. The number of carbonyl (C=O) groups excluding carboxylic acids is 1. The predicted molar refractivity (Wildman–Crippen MR) is 70.8 cm³/mol. The highest BCUT2D eigenvalue weighted by Crippen LogP contribution is 2.31. The molecule has 2 aromatic rings. The summed E-state index contributed by atoms with van der Waals surface area (Å²) >= 11 is 5.04. The largest absolute Gasteiger partial charge is 0.416 e. The first-order chi connectivity index (χ1) is 9.32. The molecule has 1 aromatic heterocycles. The predicted octanol–water partition coefficient (Wildman–Crippen LogP) is 2.85. The van der Waals surface area contributed by atoms with Crippen LogP contribution in [0.3, 0.4) is 0 Å². The molecule has 0 fully saturated rings. The van der Waals surface area contributed by atoms with Gasteiger partial charge in [0.25, 0.3) is 0 Å². The number of H-pyrrole nitrogens is 1. The number of benzene rings is 1. The number of halogens is 3. The Hall–Kier alpha value is -1.83. The first-order valence-electron chi connectivity index (χ1n) is 5.89. The number of amides is 1. The van der Waals surface area contributed by atoms with Gasteiger partial charge in [-0.05, 0) is 37.3 Å². The molecule has 0 radical (unpaired) electrons. The zero-order valence-electron chi connectivity index (χ0n) is 10.5. The molecule has 2 N–H and O–H groups in total. The van der Waals surface area contributed by atoms with Crippen LogP contribution in [0.1, 0.15) is 12.5 Å². The molecule has 8 heteroatoms. The molecule has 20 heavy (non-hydrogen) atoms. The molecule has 1 aromatic carbocycles. The highest BCUT2D eigenvalue weighted by Gasteiger charge is 2.30. The maximum absolute atomic E-state index is 12.6. The van der Waals surface area contributed by atoms with Gasteiger partial charge in [0.1, 0.15) is 6.54 Å². The minimum absolute atomic E-state index is 0.0297. The SMILES string of the molecule is CCNC(=O)Cn1c(=S)[nH]c2cc(C(F)(F)F)ccc21. The van der Waals surface area contributed by atoms with Crippen LogP contribution in [-0.2, 0) is 17.5 Å². The maximum Gasteiger partial charge on any atom is 0.416 e. The number of alkyl halides is 3. The van der Waals surface area contributed by atoms with Crippen LogP contribution in [0, 0.1) is 4.77 Å². The minimum Gasteiger partial charge on any atom is -0.355 e. The Morgan fingerprint density at radius 3 is 2.75 bits per heavy atom. The number of rotatable bonds is 3. The normalized spacial score (nSPS) is 11.8. The molecule has 1 amide bonds. The van der Waals surface area contributed by atoms with E-state index in [1.807, 2.05) is 0 Å². The maximum atomic E-state index is 12.6. The summed E-state index contributed by atoms with van der Waals surface area (Å²) in [5, 5.41) is 2.61. The van der Waals surface area contributed by atoms with Crippen molar-refractivity contribution in [3.63, 3.8) is 0 Å². The molecule has 0 saturated heterocycles. The van der Waals surface area contributed by atoms with Gasteiger partial charge in [0.05, 0.1) is 16.6 Å². The number of imidazole rings is 1. The highest BCUT2D eigenvalue weighted by atomic mass is 32.1. The second-order valence-corrected chi connectivity index (χ2v) is 4.59. The Kier molecular flexibility index (Phi) is 3.85. The van der Waals surface area contributed by atoms with E-state index in [0.717, 1.165) is 12.1 Å². The molecule has 0 spiro atoms. The van der Waals surface area contributed by atoms with E-state index in [0.29, 0.717) is 12.1 Å². The zero-order chi connectivity index (χ0) is 14.9. The lowest BCUT2D eigenvalue weighted by atomic mass is 10.2. The number of likely N-dealkylation sites (N-methyl/N-ethyl adjacent to an activating group) is 1. The summed E-state index contributed by atoms with van der Waals surface area (Å²) in [6.07, 6.45) is -4.41. The molecule has 4 nitrogen and oxygen atoms in total. The Morgan fingerprint density at radius 2 is 2.15 bits per heavy atom. The molecule has 0 unspecified atom stereocenters. The lowest BCUT2D eigenvalue weighted by Gasteiger charge is -2.07. The van der Waals surface area contributed by atoms with E-state index in [1.54, 1.807) is 6.92 Å². The van der Waals surface area contributed by atoms with Gasteiger partial charge in [-0.2, -0.15) is 13.2 Å². The number of hydrogen-bond donors (Lipinski definition) is 2. The third-order valence-electron chi connectivity index (χ3n) is 2.78. The van der Waals surface area contributed by atoms with Crippen molar-refractivity contribution in [1.82, 2.24) is 14.9 Å². The van der Waals surface area contributed by atoms with Gasteiger partial charge in [-0.25, -0.2) is 0 Å². The van der Waals surface area contributed by atoms with Crippen molar-refractivity contribution in [1.29, 1.82) is 0 Å². The second kappa shape index (κ2) is 5.28. The monoisotopic (exact) mass is 303 g/mol. The topological polar surface area (TPSA) is 49.8 Å². The van der Waals surface area contributed by atoms with Crippen LogP contribution in [0.15, 0.2) is 18.2 Å². The fourth-order valence-corrected chi connectivity index (χ4v) is 2.17.